The number of fused-ring (bicyclic) bond motifs is 1. The molecule has 0 unspecified atom stereocenters. The van der Waals surface area contributed by atoms with Gasteiger partial charge in [0.2, 0.25) is 0 Å². The largest absolute Gasteiger partial charge is 0.309 e. The first-order chi connectivity index (χ1) is 8.69. The SMILES string of the molecule is CN(C)CCCCN1Cc2ccc(C#N)cc2C1. The van der Waals surface area contributed by atoms with E-state index in [1.165, 1.54) is 30.5 Å². The van der Waals surface area contributed by atoms with Crippen LogP contribution in [0.2, 0.25) is 0 Å². The number of rotatable bonds is 5. The van der Waals surface area contributed by atoms with E-state index in [0.717, 1.165) is 25.2 Å². The van der Waals surface area contributed by atoms with Crippen LogP contribution in [-0.2, 0) is 13.1 Å². The number of hydrogen-bond acceptors (Lipinski definition) is 3. The Labute approximate surface area is 110 Å². The molecule has 1 aromatic rings. The molecule has 2 rings (SSSR count). The summed E-state index contributed by atoms with van der Waals surface area (Å²) in [5.74, 6) is 0. The maximum Gasteiger partial charge on any atom is 0.0991 e. The fraction of sp³-hybridized carbons (Fsp3) is 0.533. The van der Waals surface area contributed by atoms with E-state index < -0.39 is 0 Å². The molecule has 0 radical (unpaired) electrons. The molecule has 0 bridgehead atoms. The van der Waals surface area contributed by atoms with Crippen LogP contribution in [0.15, 0.2) is 18.2 Å². The summed E-state index contributed by atoms with van der Waals surface area (Å²) < 4.78 is 0. The summed E-state index contributed by atoms with van der Waals surface area (Å²) in [5, 5.41) is 8.89. The second-order valence-electron chi connectivity index (χ2n) is 5.32. The van der Waals surface area contributed by atoms with Crippen LogP contribution >= 0.6 is 0 Å². The van der Waals surface area contributed by atoms with Gasteiger partial charge in [-0.15, -0.1) is 0 Å². The molecule has 18 heavy (non-hydrogen) atoms. The van der Waals surface area contributed by atoms with Crippen LogP contribution in [0.4, 0.5) is 0 Å². The van der Waals surface area contributed by atoms with Gasteiger partial charge in [0.25, 0.3) is 0 Å². The normalized spacial score (nSPS) is 14.8. The lowest BCUT2D eigenvalue weighted by atomic mass is 10.1. The van der Waals surface area contributed by atoms with E-state index in [2.05, 4.69) is 36.0 Å². The second-order valence-corrected chi connectivity index (χ2v) is 5.32. The summed E-state index contributed by atoms with van der Waals surface area (Å²) >= 11 is 0. The van der Waals surface area contributed by atoms with Crippen molar-refractivity contribution in [2.75, 3.05) is 27.2 Å². The van der Waals surface area contributed by atoms with Crippen molar-refractivity contribution in [1.82, 2.24) is 9.80 Å². The fourth-order valence-electron chi connectivity index (χ4n) is 2.46. The van der Waals surface area contributed by atoms with Crippen LogP contribution in [-0.4, -0.2) is 37.0 Å². The highest BCUT2D eigenvalue weighted by Crippen LogP contribution is 2.23. The molecular weight excluding hydrogens is 222 g/mol. The number of benzene rings is 1. The van der Waals surface area contributed by atoms with Crippen molar-refractivity contribution in [3.05, 3.63) is 34.9 Å². The minimum absolute atomic E-state index is 0.781. The third-order valence-electron chi connectivity index (χ3n) is 3.45. The Balaban J connectivity index is 1.81. The molecule has 0 aliphatic carbocycles. The first-order valence-electron chi connectivity index (χ1n) is 6.58. The highest BCUT2D eigenvalue weighted by atomic mass is 15.1. The molecule has 0 atom stereocenters. The van der Waals surface area contributed by atoms with E-state index >= 15 is 0 Å². The summed E-state index contributed by atoms with van der Waals surface area (Å²) in [6, 6.07) is 8.28. The molecule has 1 heterocycles. The smallest absolute Gasteiger partial charge is 0.0991 e. The number of nitrogens with zero attached hydrogens (tertiary/aromatic N) is 3. The maximum absolute atomic E-state index is 8.89. The number of nitriles is 1. The Hall–Kier alpha value is -1.37. The van der Waals surface area contributed by atoms with Gasteiger partial charge in [-0.1, -0.05) is 6.07 Å². The van der Waals surface area contributed by atoms with Crippen LogP contribution in [0, 0.1) is 11.3 Å². The molecule has 0 saturated carbocycles. The van der Waals surface area contributed by atoms with Crippen molar-refractivity contribution in [1.29, 1.82) is 5.26 Å². The molecule has 0 saturated heterocycles. The van der Waals surface area contributed by atoms with Gasteiger partial charge in [-0.2, -0.15) is 5.26 Å². The van der Waals surface area contributed by atoms with E-state index in [0.29, 0.717) is 0 Å². The van der Waals surface area contributed by atoms with Gasteiger partial charge in [0.1, 0.15) is 0 Å². The van der Waals surface area contributed by atoms with Crippen molar-refractivity contribution in [2.45, 2.75) is 25.9 Å². The molecule has 0 fully saturated rings. The first-order valence-corrected chi connectivity index (χ1v) is 6.58. The minimum atomic E-state index is 0.781. The van der Waals surface area contributed by atoms with Gasteiger partial charge in [-0.05, 0) is 63.3 Å². The van der Waals surface area contributed by atoms with Gasteiger partial charge in [0.15, 0.2) is 0 Å². The van der Waals surface area contributed by atoms with Crippen LogP contribution in [0.1, 0.15) is 29.5 Å². The average Bonchev–Trinajstić information content (AvgIpc) is 2.75. The van der Waals surface area contributed by atoms with E-state index in [-0.39, 0.29) is 0 Å². The molecule has 0 spiro atoms. The zero-order valence-corrected chi connectivity index (χ0v) is 11.3. The Morgan fingerprint density at radius 1 is 1.22 bits per heavy atom. The molecule has 1 aliphatic heterocycles. The monoisotopic (exact) mass is 243 g/mol. The Bertz CT molecular complexity index is 446. The molecule has 0 aromatic heterocycles. The highest BCUT2D eigenvalue weighted by Gasteiger charge is 2.18. The molecule has 1 aromatic carbocycles. The quantitative estimate of drug-likeness (QED) is 0.743. The zero-order valence-electron chi connectivity index (χ0n) is 11.3. The lowest BCUT2D eigenvalue weighted by Gasteiger charge is -2.15. The molecule has 0 N–H and O–H groups in total. The van der Waals surface area contributed by atoms with Crippen molar-refractivity contribution in [2.24, 2.45) is 0 Å². The molecule has 0 amide bonds. The molecule has 1 aliphatic rings. The standard InChI is InChI=1S/C15H21N3/c1-17(2)7-3-4-8-18-11-14-6-5-13(10-16)9-15(14)12-18/h5-6,9H,3-4,7-8,11-12H2,1-2H3. The van der Waals surface area contributed by atoms with E-state index in [9.17, 15) is 0 Å². The van der Waals surface area contributed by atoms with Gasteiger partial charge < -0.3 is 4.90 Å². The predicted octanol–water partition coefficient (Wildman–Crippen LogP) is 2.22. The van der Waals surface area contributed by atoms with Crippen LogP contribution in [0.5, 0.6) is 0 Å². The maximum atomic E-state index is 8.89. The summed E-state index contributed by atoms with van der Waals surface area (Å²) in [6.07, 6.45) is 2.50. The van der Waals surface area contributed by atoms with Crippen molar-refractivity contribution in [3.63, 3.8) is 0 Å². The number of hydrogen-bond donors (Lipinski definition) is 0. The minimum Gasteiger partial charge on any atom is -0.309 e. The Morgan fingerprint density at radius 3 is 2.72 bits per heavy atom. The molecule has 3 nitrogen and oxygen atoms in total. The molecule has 3 heteroatoms. The van der Waals surface area contributed by atoms with E-state index in [1.807, 2.05) is 12.1 Å². The van der Waals surface area contributed by atoms with Gasteiger partial charge in [0.05, 0.1) is 11.6 Å². The lowest BCUT2D eigenvalue weighted by molar-refractivity contribution is 0.270. The Morgan fingerprint density at radius 2 is 2.00 bits per heavy atom. The zero-order chi connectivity index (χ0) is 13.0. The predicted molar refractivity (Wildman–Crippen MR) is 73.1 cm³/mol. The average molecular weight is 243 g/mol. The summed E-state index contributed by atoms with van der Waals surface area (Å²) in [5.41, 5.74) is 3.51. The van der Waals surface area contributed by atoms with Gasteiger partial charge in [0, 0.05) is 13.1 Å². The fourth-order valence-corrected chi connectivity index (χ4v) is 2.46. The number of unbranched alkanes of at least 4 members (excludes halogenated alkanes) is 1. The molecule has 96 valence electrons. The topological polar surface area (TPSA) is 30.3 Å². The van der Waals surface area contributed by atoms with Crippen LogP contribution in [0.3, 0.4) is 0 Å². The van der Waals surface area contributed by atoms with E-state index in [4.69, 9.17) is 5.26 Å². The van der Waals surface area contributed by atoms with Gasteiger partial charge in [-0.3, -0.25) is 4.90 Å². The van der Waals surface area contributed by atoms with Crippen molar-refractivity contribution < 1.29 is 0 Å². The summed E-state index contributed by atoms with van der Waals surface area (Å²) in [4.78, 5) is 4.71. The lowest BCUT2D eigenvalue weighted by Crippen LogP contribution is -2.19. The highest BCUT2D eigenvalue weighted by molar-refractivity contribution is 5.39. The van der Waals surface area contributed by atoms with Gasteiger partial charge in [-0.25, -0.2) is 0 Å². The molecular formula is C15H21N3. The van der Waals surface area contributed by atoms with E-state index in [1.54, 1.807) is 0 Å². The van der Waals surface area contributed by atoms with Crippen molar-refractivity contribution in [3.8, 4) is 6.07 Å². The Kier molecular flexibility index (Phi) is 4.35. The first kappa shape index (κ1) is 13.1. The third-order valence-corrected chi connectivity index (χ3v) is 3.45. The van der Waals surface area contributed by atoms with Crippen LogP contribution < -0.4 is 0 Å². The summed E-state index contributed by atoms with van der Waals surface area (Å²) in [6.45, 7) is 4.37. The summed E-state index contributed by atoms with van der Waals surface area (Å²) in [7, 11) is 4.24. The third kappa shape index (κ3) is 3.32. The second kappa shape index (κ2) is 5.99. The van der Waals surface area contributed by atoms with Crippen molar-refractivity contribution >= 4 is 0 Å². The van der Waals surface area contributed by atoms with Crippen LogP contribution in [0.25, 0.3) is 0 Å². The van der Waals surface area contributed by atoms with Gasteiger partial charge >= 0.3 is 0 Å².